The molecule has 1 amide bonds. The van der Waals surface area contributed by atoms with Crippen molar-refractivity contribution >= 4 is 5.91 Å². The number of nitrogens with one attached hydrogen (secondary N) is 1. The number of aliphatic hydroxyl groups excluding tert-OH is 1. The number of aromatic nitrogens is 2. The number of ether oxygens (including phenoxy) is 1. The van der Waals surface area contributed by atoms with Gasteiger partial charge in [-0.05, 0) is 31.2 Å². The molecule has 0 radical (unpaired) electrons. The van der Waals surface area contributed by atoms with Gasteiger partial charge < -0.3 is 15.2 Å². The second-order valence-corrected chi connectivity index (χ2v) is 7.96. The third-order valence-electron chi connectivity index (χ3n) is 5.45. The molecule has 1 fully saturated rings. The van der Waals surface area contributed by atoms with Gasteiger partial charge in [0.05, 0.1) is 30.6 Å². The van der Waals surface area contributed by atoms with E-state index in [1.807, 2.05) is 31.2 Å². The number of aryl methyl sites for hydroxylation is 1. The van der Waals surface area contributed by atoms with Crippen LogP contribution < -0.4 is 5.32 Å². The maximum absolute atomic E-state index is 13.3. The minimum absolute atomic E-state index is 0.130. The minimum atomic E-state index is -0.688. The van der Waals surface area contributed by atoms with Crippen LogP contribution in [0.2, 0.25) is 0 Å². The van der Waals surface area contributed by atoms with Gasteiger partial charge in [-0.1, -0.05) is 29.8 Å². The van der Waals surface area contributed by atoms with Crippen molar-refractivity contribution in [2.75, 3.05) is 39.4 Å². The van der Waals surface area contributed by atoms with Gasteiger partial charge in [0.1, 0.15) is 11.5 Å². The Morgan fingerprint density at radius 3 is 2.53 bits per heavy atom. The molecule has 1 unspecified atom stereocenters. The molecule has 32 heavy (non-hydrogen) atoms. The maximum atomic E-state index is 13.3. The Kier molecular flexibility index (Phi) is 6.94. The highest BCUT2D eigenvalue weighted by atomic mass is 19.1. The summed E-state index contributed by atoms with van der Waals surface area (Å²) >= 11 is 0. The van der Waals surface area contributed by atoms with Crippen LogP contribution in [-0.4, -0.2) is 71.2 Å². The Hall–Kier alpha value is -3.07. The van der Waals surface area contributed by atoms with Crippen molar-refractivity contribution in [3.63, 3.8) is 0 Å². The smallest absolute Gasteiger partial charge is 0.255 e. The number of hydrogen-bond acceptors (Lipinski definition) is 5. The molecule has 168 valence electrons. The summed E-state index contributed by atoms with van der Waals surface area (Å²) in [6.07, 6.45) is 0.943. The van der Waals surface area contributed by atoms with Gasteiger partial charge in [0.15, 0.2) is 0 Å². The molecular weight excluding hydrogens is 411 g/mol. The fourth-order valence-electron chi connectivity index (χ4n) is 3.64. The zero-order valence-electron chi connectivity index (χ0n) is 18.0. The third-order valence-corrected chi connectivity index (χ3v) is 5.45. The van der Waals surface area contributed by atoms with Crippen molar-refractivity contribution in [2.24, 2.45) is 0 Å². The lowest BCUT2D eigenvalue weighted by Crippen LogP contribution is -2.44. The number of hydrogen-bond donors (Lipinski definition) is 2. The van der Waals surface area contributed by atoms with Crippen molar-refractivity contribution < 1.29 is 19.0 Å². The molecule has 1 atom stereocenters. The van der Waals surface area contributed by atoms with Gasteiger partial charge in [0.2, 0.25) is 0 Å². The average Bonchev–Trinajstić information content (AvgIpc) is 3.25. The predicted molar refractivity (Wildman–Crippen MR) is 119 cm³/mol. The zero-order valence-corrected chi connectivity index (χ0v) is 18.0. The normalized spacial score (nSPS) is 15.5. The molecule has 7 nitrogen and oxygen atoms in total. The maximum Gasteiger partial charge on any atom is 0.255 e. The summed E-state index contributed by atoms with van der Waals surface area (Å²) in [5.74, 6) is -0.665. The minimum Gasteiger partial charge on any atom is -0.390 e. The monoisotopic (exact) mass is 438 g/mol. The first-order chi connectivity index (χ1) is 15.5. The van der Waals surface area contributed by atoms with Crippen LogP contribution in [0.1, 0.15) is 15.9 Å². The van der Waals surface area contributed by atoms with E-state index in [0.717, 1.165) is 24.2 Å². The zero-order chi connectivity index (χ0) is 22.5. The largest absolute Gasteiger partial charge is 0.390 e. The molecule has 0 spiro atoms. The highest BCUT2D eigenvalue weighted by molar-refractivity contribution is 6.00. The Labute approximate surface area is 186 Å². The number of benzene rings is 2. The van der Waals surface area contributed by atoms with Crippen LogP contribution >= 0.6 is 0 Å². The van der Waals surface area contributed by atoms with Crippen LogP contribution in [0.4, 0.5) is 4.39 Å². The van der Waals surface area contributed by atoms with Gasteiger partial charge in [0, 0.05) is 37.9 Å². The Bertz CT molecular complexity index is 1040. The topological polar surface area (TPSA) is 79.6 Å². The van der Waals surface area contributed by atoms with Gasteiger partial charge in [-0.15, -0.1) is 0 Å². The van der Waals surface area contributed by atoms with Gasteiger partial charge in [-0.3, -0.25) is 9.69 Å². The van der Waals surface area contributed by atoms with Gasteiger partial charge in [-0.2, -0.15) is 5.10 Å². The van der Waals surface area contributed by atoms with Crippen molar-refractivity contribution in [2.45, 2.75) is 13.0 Å². The van der Waals surface area contributed by atoms with Crippen LogP contribution in [-0.2, 0) is 4.74 Å². The van der Waals surface area contributed by atoms with Crippen LogP contribution in [0.15, 0.2) is 54.7 Å². The first-order valence-corrected chi connectivity index (χ1v) is 10.7. The number of halogens is 1. The number of aliphatic hydroxyl groups is 1. The standard InChI is InChI=1S/C24H27FN4O3/c1-17-2-4-18(5-3-17)23-22(16-29(27-23)20-8-6-19(25)7-9-20)24(31)26-14-21(30)15-28-10-12-32-13-11-28/h2-9,16,21,30H,10-15H2,1H3,(H,26,31). The van der Waals surface area contributed by atoms with E-state index in [1.54, 1.807) is 23.0 Å². The molecule has 4 rings (SSSR count). The van der Waals surface area contributed by atoms with Crippen LogP contribution in [0, 0.1) is 12.7 Å². The summed E-state index contributed by atoms with van der Waals surface area (Å²) in [6.45, 7) is 5.45. The van der Waals surface area contributed by atoms with Gasteiger partial charge >= 0.3 is 0 Å². The van der Waals surface area contributed by atoms with E-state index in [2.05, 4.69) is 15.3 Å². The lowest BCUT2D eigenvalue weighted by molar-refractivity contribution is 0.0149. The van der Waals surface area contributed by atoms with Crippen molar-refractivity contribution in [3.05, 3.63) is 71.7 Å². The van der Waals surface area contributed by atoms with E-state index in [9.17, 15) is 14.3 Å². The predicted octanol–water partition coefficient (Wildman–Crippen LogP) is 2.41. The molecule has 0 bridgehead atoms. The third kappa shape index (κ3) is 5.40. The second kappa shape index (κ2) is 10.0. The lowest BCUT2D eigenvalue weighted by atomic mass is 10.1. The van der Waals surface area contributed by atoms with Gasteiger partial charge in [-0.25, -0.2) is 9.07 Å². The first-order valence-electron chi connectivity index (χ1n) is 10.7. The lowest BCUT2D eigenvalue weighted by Gasteiger charge is -2.28. The van der Waals surface area contributed by atoms with E-state index >= 15 is 0 Å². The molecule has 2 heterocycles. The fourth-order valence-corrected chi connectivity index (χ4v) is 3.64. The molecule has 3 aromatic rings. The second-order valence-electron chi connectivity index (χ2n) is 7.96. The Balaban J connectivity index is 1.53. The van der Waals surface area contributed by atoms with Crippen LogP contribution in [0.25, 0.3) is 16.9 Å². The van der Waals surface area contributed by atoms with E-state index in [-0.39, 0.29) is 18.3 Å². The quantitative estimate of drug-likeness (QED) is 0.592. The van der Waals surface area contributed by atoms with Crippen LogP contribution in [0.3, 0.4) is 0 Å². The summed E-state index contributed by atoms with van der Waals surface area (Å²) in [5, 5.41) is 17.8. The number of β-amino-alcohol motifs (C(OH)–C–C–N with tert-alkyl or cyclic N) is 1. The number of rotatable bonds is 7. The van der Waals surface area contributed by atoms with Crippen molar-refractivity contribution in [1.82, 2.24) is 20.0 Å². The fraction of sp³-hybridized carbons (Fsp3) is 0.333. The van der Waals surface area contributed by atoms with E-state index in [0.29, 0.717) is 36.7 Å². The number of amides is 1. The summed E-state index contributed by atoms with van der Waals surface area (Å²) in [7, 11) is 0. The molecule has 0 saturated carbocycles. The highest BCUT2D eigenvalue weighted by Gasteiger charge is 2.20. The number of nitrogens with zero attached hydrogens (tertiary/aromatic N) is 3. The molecule has 1 aliphatic heterocycles. The number of carbonyl (C=O) groups is 1. The van der Waals surface area contributed by atoms with Crippen molar-refractivity contribution in [3.8, 4) is 16.9 Å². The first kappa shape index (κ1) is 22.1. The van der Waals surface area contributed by atoms with Gasteiger partial charge in [0.25, 0.3) is 5.91 Å². The molecule has 8 heteroatoms. The Morgan fingerprint density at radius 1 is 1.16 bits per heavy atom. The summed E-state index contributed by atoms with van der Waals surface area (Å²) < 4.78 is 20.2. The highest BCUT2D eigenvalue weighted by Crippen LogP contribution is 2.24. The van der Waals surface area contributed by atoms with E-state index in [4.69, 9.17) is 4.74 Å². The Morgan fingerprint density at radius 2 is 1.84 bits per heavy atom. The summed E-state index contributed by atoms with van der Waals surface area (Å²) in [4.78, 5) is 15.1. The average molecular weight is 439 g/mol. The molecule has 2 aromatic carbocycles. The molecule has 2 N–H and O–H groups in total. The van der Waals surface area contributed by atoms with E-state index in [1.165, 1.54) is 12.1 Å². The SMILES string of the molecule is Cc1ccc(-c2nn(-c3ccc(F)cc3)cc2C(=O)NCC(O)CN2CCOCC2)cc1. The molecule has 0 aliphatic carbocycles. The number of carbonyl (C=O) groups excluding carboxylic acids is 1. The molecular formula is C24H27FN4O3. The molecule has 1 saturated heterocycles. The van der Waals surface area contributed by atoms with E-state index < -0.39 is 6.10 Å². The van der Waals surface area contributed by atoms with Crippen LogP contribution in [0.5, 0.6) is 0 Å². The summed E-state index contributed by atoms with van der Waals surface area (Å²) in [5.41, 5.74) is 3.46. The number of morpholine rings is 1. The summed E-state index contributed by atoms with van der Waals surface area (Å²) in [6, 6.07) is 13.7. The molecule has 1 aliphatic rings. The molecule has 1 aromatic heterocycles. The van der Waals surface area contributed by atoms with Crippen molar-refractivity contribution in [1.29, 1.82) is 0 Å².